The van der Waals surface area contributed by atoms with Crippen molar-refractivity contribution >= 4 is 17.7 Å². The number of hydrogen-bond acceptors (Lipinski definition) is 6. The average Bonchev–Trinajstić information content (AvgIpc) is 2.63. The van der Waals surface area contributed by atoms with Gasteiger partial charge in [0.2, 0.25) is 11.8 Å². The van der Waals surface area contributed by atoms with Crippen LogP contribution in [0.25, 0.3) is 0 Å². The molecule has 2 aromatic rings. The number of methoxy groups -OCH3 is 1. The van der Waals surface area contributed by atoms with Crippen molar-refractivity contribution in [3.05, 3.63) is 42.1 Å². The molecule has 0 aliphatic carbocycles. The van der Waals surface area contributed by atoms with E-state index in [9.17, 15) is 14.7 Å². The van der Waals surface area contributed by atoms with Crippen LogP contribution in [0.15, 0.2) is 36.5 Å². The summed E-state index contributed by atoms with van der Waals surface area (Å²) >= 11 is 0. The summed E-state index contributed by atoms with van der Waals surface area (Å²) in [4.78, 5) is 29.1. The molecule has 1 heterocycles. The van der Waals surface area contributed by atoms with Crippen LogP contribution in [0.3, 0.4) is 0 Å². The normalized spacial score (nSPS) is 12.1. The van der Waals surface area contributed by atoms with Gasteiger partial charge in [-0.2, -0.15) is 0 Å². The van der Waals surface area contributed by atoms with Crippen LogP contribution in [0.1, 0.15) is 33.3 Å². The molecule has 8 nitrogen and oxygen atoms in total. The lowest BCUT2D eigenvalue weighted by Gasteiger charge is -2.41. The van der Waals surface area contributed by atoms with Gasteiger partial charge >= 0.3 is 0 Å². The largest absolute Gasteiger partial charge is 0.530 e. The third kappa shape index (κ3) is 5.60. The van der Waals surface area contributed by atoms with Crippen LogP contribution in [0.5, 0.6) is 17.4 Å². The Morgan fingerprint density at radius 2 is 1.90 bits per heavy atom. The molecule has 0 radical (unpaired) electrons. The van der Waals surface area contributed by atoms with Gasteiger partial charge in [-0.05, 0) is 52.3 Å². The second kappa shape index (κ2) is 8.81. The van der Waals surface area contributed by atoms with Crippen molar-refractivity contribution in [2.75, 3.05) is 12.4 Å². The number of carbonyl (C=O) groups excluding carboxylic acids is 2. The first-order valence-corrected chi connectivity index (χ1v) is 9.12. The van der Waals surface area contributed by atoms with Gasteiger partial charge in [0.25, 0.3) is 0 Å². The van der Waals surface area contributed by atoms with Gasteiger partial charge in [0.1, 0.15) is 23.6 Å². The van der Waals surface area contributed by atoms with E-state index in [2.05, 4.69) is 10.3 Å². The molecule has 1 aromatic heterocycles. The molecule has 2 rings (SSSR count). The summed E-state index contributed by atoms with van der Waals surface area (Å²) in [6.45, 7) is 8.52. The molecule has 0 spiro atoms. The molecule has 29 heavy (non-hydrogen) atoms. The summed E-state index contributed by atoms with van der Waals surface area (Å²) in [5.74, 6) is 1.13. The van der Waals surface area contributed by atoms with Crippen LogP contribution in [0.4, 0.5) is 10.5 Å². The Morgan fingerprint density at radius 1 is 1.21 bits per heavy atom. The second-order valence-electron chi connectivity index (χ2n) is 7.59. The number of benzene rings is 1. The van der Waals surface area contributed by atoms with Crippen LogP contribution in [0, 0.1) is 6.92 Å². The molecule has 8 heteroatoms. The predicted octanol–water partition coefficient (Wildman–Crippen LogP) is 2.96. The highest BCUT2D eigenvalue weighted by Crippen LogP contribution is 2.27. The number of rotatable bonds is 6. The van der Waals surface area contributed by atoms with Crippen LogP contribution < -0.4 is 19.9 Å². The molecule has 0 unspecified atom stereocenters. The first kappa shape index (κ1) is 22.0. The summed E-state index contributed by atoms with van der Waals surface area (Å²) in [6.07, 6.45) is 0.0294. The molecular formula is C21H26N3O5-. The molecule has 0 aliphatic rings. The number of ether oxygens (including phenoxy) is 2. The summed E-state index contributed by atoms with van der Waals surface area (Å²) in [6, 6.07) is 7.73. The number of aryl methyl sites for hydroxylation is 1. The van der Waals surface area contributed by atoms with Gasteiger partial charge in [0.05, 0.1) is 19.0 Å². The molecule has 1 atom stereocenters. The molecule has 0 fully saturated rings. The smallest absolute Gasteiger partial charge is 0.246 e. The monoisotopic (exact) mass is 400 g/mol. The van der Waals surface area contributed by atoms with Gasteiger partial charge in [-0.25, -0.2) is 4.98 Å². The highest BCUT2D eigenvalue weighted by atomic mass is 16.5. The van der Waals surface area contributed by atoms with Crippen molar-refractivity contribution in [2.24, 2.45) is 0 Å². The van der Waals surface area contributed by atoms with E-state index < -0.39 is 23.6 Å². The predicted molar refractivity (Wildman–Crippen MR) is 107 cm³/mol. The maximum absolute atomic E-state index is 12.5. The quantitative estimate of drug-likeness (QED) is 0.799. The molecule has 0 aliphatic heterocycles. The van der Waals surface area contributed by atoms with Crippen LogP contribution in [-0.4, -0.2) is 40.6 Å². The van der Waals surface area contributed by atoms with E-state index in [1.165, 1.54) is 13.1 Å². The lowest BCUT2D eigenvalue weighted by molar-refractivity contribution is -0.272. The van der Waals surface area contributed by atoms with Gasteiger partial charge in [0, 0.05) is 17.7 Å². The fraction of sp³-hybridized carbons (Fsp3) is 0.381. The minimum Gasteiger partial charge on any atom is -0.530 e. The van der Waals surface area contributed by atoms with Crippen LogP contribution >= 0.6 is 0 Å². The zero-order valence-electron chi connectivity index (χ0n) is 17.5. The molecule has 156 valence electrons. The van der Waals surface area contributed by atoms with E-state index in [1.54, 1.807) is 52.1 Å². The number of carboxylic acid groups (broad SMARTS) is 1. The van der Waals surface area contributed by atoms with Crippen molar-refractivity contribution < 1.29 is 24.2 Å². The minimum absolute atomic E-state index is 0.341. The Bertz CT molecular complexity index is 875. The summed E-state index contributed by atoms with van der Waals surface area (Å²) in [5, 5.41) is 14.1. The Hall–Kier alpha value is -3.29. The number of anilines is 1. The third-order valence-corrected chi connectivity index (χ3v) is 4.29. The topological polar surface area (TPSA) is 104 Å². The van der Waals surface area contributed by atoms with Gasteiger partial charge < -0.3 is 29.6 Å². The molecular weight excluding hydrogens is 374 g/mol. The molecule has 0 bridgehead atoms. The van der Waals surface area contributed by atoms with E-state index in [1.807, 2.05) is 13.0 Å². The average molecular weight is 400 g/mol. The number of hydrogen-bond donors (Lipinski definition) is 1. The first-order chi connectivity index (χ1) is 13.5. The summed E-state index contributed by atoms with van der Waals surface area (Å²) in [7, 11) is 1.59. The van der Waals surface area contributed by atoms with Gasteiger partial charge in [-0.3, -0.25) is 4.79 Å². The highest BCUT2D eigenvalue weighted by molar-refractivity contribution is 5.96. The zero-order valence-corrected chi connectivity index (χ0v) is 17.5. The standard InChI is InChI=1S/C21H27N3O5/c1-13-7-9-16(11-17(13)28-6)29-18-10-8-15(12-22-18)23-19(25)14(2)24(20(26)27)21(3,4)5/h7-12,14H,1-6H3,(H,23,25)(H,26,27)/p-1/t14-/m1/s1. The Labute approximate surface area is 170 Å². The number of nitrogens with one attached hydrogen (secondary N) is 1. The van der Waals surface area contributed by atoms with Crippen molar-refractivity contribution in [1.82, 2.24) is 9.88 Å². The van der Waals surface area contributed by atoms with Crippen molar-refractivity contribution in [3.63, 3.8) is 0 Å². The zero-order chi connectivity index (χ0) is 21.8. The van der Waals surface area contributed by atoms with Gasteiger partial charge in [0.15, 0.2) is 0 Å². The van der Waals surface area contributed by atoms with E-state index >= 15 is 0 Å². The number of carbonyl (C=O) groups is 2. The molecule has 0 saturated carbocycles. The van der Waals surface area contributed by atoms with Gasteiger partial charge in [-0.15, -0.1) is 0 Å². The minimum atomic E-state index is -1.41. The lowest BCUT2D eigenvalue weighted by Crippen LogP contribution is -2.58. The second-order valence-corrected chi connectivity index (χ2v) is 7.59. The summed E-state index contributed by atoms with van der Waals surface area (Å²) < 4.78 is 11.0. The third-order valence-electron chi connectivity index (χ3n) is 4.29. The maximum atomic E-state index is 12.5. The van der Waals surface area contributed by atoms with Crippen molar-refractivity contribution in [1.29, 1.82) is 0 Å². The van der Waals surface area contributed by atoms with Crippen molar-refractivity contribution in [3.8, 4) is 17.4 Å². The number of aromatic nitrogens is 1. The number of amides is 2. The fourth-order valence-electron chi connectivity index (χ4n) is 2.88. The summed E-state index contributed by atoms with van der Waals surface area (Å²) in [5.41, 5.74) is 0.629. The Kier molecular flexibility index (Phi) is 6.68. The number of pyridine rings is 1. The SMILES string of the molecule is COc1cc(Oc2ccc(NC(=O)[C@@H](C)N(C(=O)[O-])C(C)(C)C)cn2)ccc1C. The fourth-order valence-corrected chi connectivity index (χ4v) is 2.88. The number of nitrogens with zero attached hydrogens (tertiary/aromatic N) is 2. The molecule has 2 amide bonds. The van der Waals surface area contributed by atoms with E-state index in [-0.39, 0.29) is 0 Å². The van der Waals surface area contributed by atoms with Crippen LogP contribution in [0.2, 0.25) is 0 Å². The van der Waals surface area contributed by atoms with E-state index in [0.717, 1.165) is 10.5 Å². The maximum Gasteiger partial charge on any atom is 0.246 e. The highest BCUT2D eigenvalue weighted by Gasteiger charge is 2.30. The van der Waals surface area contributed by atoms with Crippen molar-refractivity contribution in [2.45, 2.75) is 46.2 Å². The molecule has 0 saturated heterocycles. The Balaban J connectivity index is 2.06. The molecule has 1 N–H and O–H groups in total. The lowest BCUT2D eigenvalue weighted by atomic mass is 10.0. The van der Waals surface area contributed by atoms with Gasteiger partial charge in [-0.1, -0.05) is 6.07 Å². The Morgan fingerprint density at radius 3 is 2.41 bits per heavy atom. The van der Waals surface area contributed by atoms with E-state index in [4.69, 9.17) is 9.47 Å². The first-order valence-electron chi connectivity index (χ1n) is 9.12. The van der Waals surface area contributed by atoms with Crippen LogP contribution in [-0.2, 0) is 4.79 Å². The molecule has 1 aromatic carbocycles. The van der Waals surface area contributed by atoms with E-state index in [0.29, 0.717) is 23.1 Å².